The van der Waals surface area contributed by atoms with E-state index in [1.807, 2.05) is 11.8 Å². The summed E-state index contributed by atoms with van der Waals surface area (Å²) in [5.74, 6) is -0.393. The van der Waals surface area contributed by atoms with Gasteiger partial charge >= 0.3 is 6.03 Å². The molecule has 0 aromatic heterocycles. The number of amides is 2. The summed E-state index contributed by atoms with van der Waals surface area (Å²) in [7, 11) is 0. The smallest absolute Gasteiger partial charge is 0.318 e. The number of rotatable bonds is 7. The first-order valence-electron chi connectivity index (χ1n) is 7.66. The van der Waals surface area contributed by atoms with E-state index in [0.29, 0.717) is 29.6 Å². The van der Waals surface area contributed by atoms with E-state index < -0.39 is 5.82 Å². The number of carbonyl (C=O) groups excluding carboxylic acids is 1. The molecule has 22 heavy (non-hydrogen) atoms. The van der Waals surface area contributed by atoms with Gasteiger partial charge in [-0.3, -0.25) is 0 Å². The summed E-state index contributed by atoms with van der Waals surface area (Å²) >= 11 is 6.03. The third-order valence-corrected chi connectivity index (χ3v) is 4.15. The molecule has 0 radical (unpaired) electrons. The SMILES string of the molecule is CC(NC(=O)N(CCCCO)C1CC1)c1ccc(F)cc1Cl. The van der Waals surface area contributed by atoms with E-state index in [-0.39, 0.29) is 18.7 Å². The van der Waals surface area contributed by atoms with Crippen LogP contribution in [0.25, 0.3) is 0 Å². The van der Waals surface area contributed by atoms with Crippen molar-refractivity contribution in [1.29, 1.82) is 0 Å². The van der Waals surface area contributed by atoms with Gasteiger partial charge < -0.3 is 15.3 Å². The van der Waals surface area contributed by atoms with Gasteiger partial charge in [-0.25, -0.2) is 9.18 Å². The molecule has 0 bridgehead atoms. The third kappa shape index (κ3) is 4.58. The highest BCUT2D eigenvalue weighted by molar-refractivity contribution is 6.31. The molecule has 1 saturated carbocycles. The predicted octanol–water partition coefficient (Wildman–Crippen LogP) is 3.49. The summed E-state index contributed by atoms with van der Waals surface area (Å²) in [4.78, 5) is 14.2. The summed E-state index contributed by atoms with van der Waals surface area (Å²) in [6.45, 7) is 2.61. The van der Waals surface area contributed by atoms with Crippen LogP contribution in [0.1, 0.15) is 44.2 Å². The highest BCUT2D eigenvalue weighted by Gasteiger charge is 2.32. The molecule has 1 unspecified atom stereocenters. The summed E-state index contributed by atoms with van der Waals surface area (Å²) in [6, 6.07) is 4.06. The van der Waals surface area contributed by atoms with Crippen LogP contribution >= 0.6 is 11.6 Å². The van der Waals surface area contributed by atoms with Gasteiger partial charge in [0, 0.05) is 24.2 Å². The first-order chi connectivity index (χ1) is 10.5. The maximum absolute atomic E-state index is 13.1. The molecule has 0 heterocycles. The maximum Gasteiger partial charge on any atom is 0.318 e. The summed E-state index contributed by atoms with van der Waals surface area (Å²) in [6.07, 6.45) is 3.53. The maximum atomic E-state index is 13.1. The number of nitrogens with zero attached hydrogens (tertiary/aromatic N) is 1. The Balaban J connectivity index is 1.96. The molecule has 1 aliphatic rings. The van der Waals surface area contributed by atoms with Crippen molar-refractivity contribution in [3.05, 3.63) is 34.6 Å². The molecular weight excluding hydrogens is 307 g/mol. The van der Waals surface area contributed by atoms with Crippen LogP contribution in [-0.4, -0.2) is 35.2 Å². The highest BCUT2D eigenvalue weighted by Crippen LogP contribution is 2.28. The number of aliphatic hydroxyl groups excluding tert-OH is 1. The number of carbonyl (C=O) groups is 1. The molecule has 1 aliphatic carbocycles. The van der Waals surface area contributed by atoms with E-state index >= 15 is 0 Å². The molecule has 6 heteroatoms. The molecule has 2 rings (SSSR count). The van der Waals surface area contributed by atoms with E-state index in [1.165, 1.54) is 12.1 Å². The molecule has 0 spiro atoms. The van der Waals surface area contributed by atoms with Crippen LogP contribution in [0.5, 0.6) is 0 Å². The van der Waals surface area contributed by atoms with Crippen molar-refractivity contribution in [3.8, 4) is 0 Å². The van der Waals surface area contributed by atoms with Crippen LogP contribution in [-0.2, 0) is 0 Å². The lowest BCUT2D eigenvalue weighted by molar-refractivity contribution is 0.187. The first-order valence-corrected chi connectivity index (χ1v) is 8.03. The van der Waals surface area contributed by atoms with Crippen molar-refractivity contribution < 1.29 is 14.3 Å². The molecular formula is C16H22ClFN2O2. The van der Waals surface area contributed by atoms with Crippen LogP contribution in [0.15, 0.2) is 18.2 Å². The second-order valence-electron chi connectivity index (χ2n) is 5.69. The molecule has 122 valence electrons. The van der Waals surface area contributed by atoms with Crippen molar-refractivity contribution >= 4 is 17.6 Å². The summed E-state index contributed by atoms with van der Waals surface area (Å²) in [5.41, 5.74) is 0.697. The van der Waals surface area contributed by atoms with E-state index in [9.17, 15) is 9.18 Å². The average molecular weight is 329 g/mol. The molecule has 1 fully saturated rings. The van der Waals surface area contributed by atoms with Gasteiger partial charge in [0.2, 0.25) is 0 Å². The predicted molar refractivity (Wildman–Crippen MR) is 84.4 cm³/mol. The van der Waals surface area contributed by atoms with Crippen molar-refractivity contribution in [2.24, 2.45) is 0 Å². The minimum absolute atomic E-state index is 0.131. The van der Waals surface area contributed by atoms with Crippen molar-refractivity contribution in [2.75, 3.05) is 13.2 Å². The molecule has 1 atom stereocenters. The average Bonchev–Trinajstić information content (AvgIpc) is 3.27. The van der Waals surface area contributed by atoms with E-state index in [4.69, 9.17) is 16.7 Å². The lowest BCUT2D eigenvalue weighted by Crippen LogP contribution is -2.43. The van der Waals surface area contributed by atoms with E-state index in [2.05, 4.69) is 5.32 Å². The fourth-order valence-corrected chi connectivity index (χ4v) is 2.76. The fourth-order valence-electron chi connectivity index (χ4n) is 2.43. The summed E-state index contributed by atoms with van der Waals surface area (Å²) < 4.78 is 13.1. The Hall–Kier alpha value is -1.33. The second kappa shape index (κ2) is 7.79. The lowest BCUT2D eigenvalue weighted by atomic mass is 10.1. The molecule has 4 nitrogen and oxygen atoms in total. The highest BCUT2D eigenvalue weighted by atomic mass is 35.5. The number of urea groups is 1. The number of unbranched alkanes of at least 4 members (excludes halogenated alkanes) is 1. The number of halogens is 2. The normalized spacial score (nSPS) is 15.5. The molecule has 2 N–H and O–H groups in total. The molecule has 0 aliphatic heterocycles. The third-order valence-electron chi connectivity index (χ3n) is 3.82. The van der Waals surface area contributed by atoms with Gasteiger partial charge in [0.25, 0.3) is 0 Å². The first kappa shape index (κ1) is 17.0. The quantitative estimate of drug-likeness (QED) is 0.753. The Bertz CT molecular complexity index is 523. The fraction of sp³-hybridized carbons (Fsp3) is 0.562. The van der Waals surface area contributed by atoms with Gasteiger partial charge in [-0.05, 0) is 50.3 Å². The Kier molecular flexibility index (Phi) is 6.03. The van der Waals surface area contributed by atoms with Crippen LogP contribution in [0.4, 0.5) is 9.18 Å². The van der Waals surface area contributed by atoms with Crippen LogP contribution in [0, 0.1) is 5.82 Å². The van der Waals surface area contributed by atoms with Crippen molar-refractivity contribution in [1.82, 2.24) is 10.2 Å². The zero-order valence-electron chi connectivity index (χ0n) is 12.7. The molecule has 2 amide bonds. The molecule has 1 aromatic rings. The monoisotopic (exact) mass is 328 g/mol. The van der Waals surface area contributed by atoms with Crippen LogP contribution in [0.3, 0.4) is 0 Å². The number of hydrogen-bond acceptors (Lipinski definition) is 2. The van der Waals surface area contributed by atoms with E-state index in [1.54, 1.807) is 6.07 Å². The van der Waals surface area contributed by atoms with Gasteiger partial charge in [0.05, 0.1) is 6.04 Å². The lowest BCUT2D eigenvalue weighted by Gasteiger charge is -2.25. The Morgan fingerprint density at radius 3 is 2.82 bits per heavy atom. The minimum Gasteiger partial charge on any atom is -0.396 e. The minimum atomic E-state index is -0.393. The summed E-state index contributed by atoms with van der Waals surface area (Å²) in [5, 5.41) is 12.1. The van der Waals surface area contributed by atoms with Gasteiger partial charge in [-0.15, -0.1) is 0 Å². The van der Waals surface area contributed by atoms with Crippen LogP contribution < -0.4 is 5.32 Å². The van der Waals surface area contributed by atoms with Gasteiger partial charge in [0.15, 0.2) is 0 Å². The number of benzene rings is 1. The largest absolute Gasteiger partial charge is 0.396 e. The number of nitrogens with one attached hydrogen (secondary N) is 1. The van der Waals surface area contributed by atoms with Crippen molar-refractivity contribution in [3.63, 3.8) is 0 Å². The van der Waals surface area contributed by atoms with Crippen molar-refractivity contribution in [2.45, 2.75) is 44.7 Å². The number of aliphatic hydroxyl groups is 1. The van der Waals surface area contributed by atoms with Gasteiger partial charge in [0.1, 0.15) is 5.82 Å². The standard InChI is InChI=1S/C16H22ClFN2O2/c1-11(14-7-4-12(18)10-15(14)17)19-16(22)20(13-5-6-13)8-2-3-9-21/h4,7,10-11,13,21H,2-3,5-6,8-9H2,1H3,(H,19,22). The van der Waals surface area contributed by atoms with E-state index in [0.717, 1.165) is 19.3 Å². The second-order valence-corrected chi connectivity index (χ2v) is 6.10. The molecule has 1 aromatic carbocycles. The number of hydrogen-bond donors (Lipinski definition) is 2. The Morgan fingerprint density at radius 1 is 1.50 bits per heavy atom. The molecule has 0 saturated heterocycles. The Morgan fingerprint density at radius 2 is 2.23 bits per heavy atom. The van der Waals surface area contributed by atoms with Gasteiger partial charge in [-0.1, -0.05) is 17.7 Å². The Labute approximate surface area is 135 Å². The van der Waals surface area contributed by atoms with Gasteiger partial charge in [-0.2, -0.15) is 0 Å². The van der Waals surface area contributed by atoms with Crippen LogP contribution in [0.2, 0.25) is 5.02 Å². The zero-order chi connectivity index (χ0) is 16.1. The topological polar surface area (TPSA) is 52.6 Å². The zero-order valence-corrected chi connectivity index (χ0v) is 13.4.